The number of hydrogen-bond acceptors (Lipinski definition) is 6. The summed E-state index contributed by atoms with van der Waals surface area (Å²) in [7, 11) is 4.09. The predicted molar refractivity (Wildman–Crippen MR) is 137 cm³/mol. The van der Waals surface area contributed by atoms with E-state index in [9.17, 15) is 4.79 Å². The third-order valence-corrected chi connectivity index (χ3v) is 7.90. The van der Waals surface area contributed by atoms with Gasteiger partial charge in [0.1, 0.15) is 0 Å². The van der Waals surface area contributed by atoms with Crippen molar-refractivity contribution in [2.45, 2.75) is 26.7 Å². The van der Waals surface area contributed by atoms with E-state index in [0.29, 0.717) is 6.42 Å². The third kappa shape index (κ3) is 4.30. The highest BCUT2D eigenvalue weighted by atomic mass is 32.1. The van der Waals surface area contributed by atoms with Crippen LogP contribution in [-0.2, 0) is 11.2 Å². The van der Waals surface area contributed by atoms with E-state index in [1.165, 1.54) is 16.1 Å². The highest BCUT2D eigenvalue weighted by Crippen LogP contribution is 2.49. The van der Waals surface area contributed by atoms with Crippen LogP contribution in [0.25, 0.3) is 22.4 Å². The average Bonchev–Trinajstić information content (AvgIpc) is 3.18. The first-order chi connectivity index (χ1) is 15.8. The van der Waals surface area contributed by atoms with Crippen LogP contribution < -0.4 is 9.80 Å². The summed E-state index contributed by atoms with van der Waals surface area (Å²) in [5, 5.41) is 1.20. The van der Waals surface area contributed by atoms with Crippen molar-refractivity contribution in [3.63, 3.8) is 0 Å². The fraction of sp³-hybridized carbons (Fsp3) is 0.407. The van der Waals surface area contributed by atoms with Crippen molar-refractivity contribution >= 4 is 27.8 Å². The van der Waals surface area contributed by atoms with Crippen LogP contribution in [0, 0.1) is 5.41 Å². The molecule has 2 aromatic heterocycles. The maximum absolute atomic E-state index is 13.1. The number of nitrogens with zero attached hydrogens (tertiary/aromatic N) is 3. The number of pyridine rings is 1. The Morgan fingerprint density at radius 3 is 2.45 bits per heavy atom. The molecule has 33 heavy (non-hydrogen) atoms. The molecule has 1 aliphatic carbocycles. The van der Waals surface area contributed by atoms with Crippen molar-refractivity contribution in [1.29, 1.82) is 0 Å². The van der Waals surface area contributed by atoms with E-state index in [2.05, 4.69) is 65.0 Å². The van der Waals surface area contributed by atoms with Gasteiger partial charge < -0.3 is 14.5 Å². The second-order valence-corrected chi connectivity index (χ2v) is 11.0. The van der Waals surface area contributed by atoms with Crippen LogP contribution in [0.5, 0.6) is 0 Å². The zero-order valence-corrected chi connectivity index (χ0v) is 20.7. The lowest BCUT2D eigenvalue weighted by Crippen LogP contribution is -2.36. The van der Waals surface area contributed by atoms with Gasteiger partial charge in [-0.3, -0.25) is 9.78 Å². The molecule has 0 bridgehead atoms. The lowest BCUT2D eigenvalue weighted by molar-refractivity contribution is 0.0918. The van der Waals surface area contributed by atoms with Crippen molar-refractivity contribution in [2.24, 2.45) is 5.41 Å². The molecular weight excluding hydrogens is 430 g/mol. The molecule has 1 saturated heterocycles. The van der Waals surface area contributed by atoms with E-state index in [1.54, 1.807) is 11.3 Å². The van der Waals surface area contributed by atoms with Gasteiger partial charge in [-0.25, -0.2) is 0 Å². The fourth-order valence-corrected chi connectivity index (χ4v) is 6.19. The first-order valence-electron chi connectivity index (χ1n) is 11.6. The number of carbonyl (C=O) groups is 1. The summed E-state index contributed by atoms with van der Waals surface area (Å²) < 4.78 is 5.61. The van der Waals surface area contributed by atoms with Gasteiger partial charge in [-0.05, 0) is 47.2 Å². The molecule has 0 amide bonds. The van der Waals surface area contributed by atoms with Crippen LogP contribution in [0.3, 0.4) is 0 Å². The fourth-order valence-electron chi connectivity index (χ4n) is 4.86. The van der Waals surface area contributed by atoms with Gasteiger partial charge in [-0.1, -0.05) is 26.0 Å². The molecule has 1 aromatic carbocycles. The minimum atomic E-state index is -0.0277. The lowest BCUT2D eigenvalue weighted by Gasteiger charge is -2.30. The largest absolute Gasteiger partial charge is 0.378 e. The molecule has 0 radical (unpaired) electrons. The summed E-state index contributed by atoms with van der Waals surface area (Å²) in [6, 6.07) is 12.8. The standard InChI is InChI=1S/C27H31N3O2S/c1-27(2)16-21-24(26(30-11-13-32-14-12-30)33-25(21)23(31)17-27)19-9-10-28-22(15-19)18-5-7-20(8-6-18)29(3)4/h5-10,15H,11-14,16-17H2,1-4H3. The number of aromatic nitrogens is 1. The van der Waals surface area contributed by atoms with Crippen molar-refractivity contribution in [3.05, 3.63) is 53.0 Å². The summed E-state index contributed by atoms with van der Waals surface area (Å²) in [5.74, 6) is 0.278. The number of fused-ring (bicyclic) bond motifs is 1. The Kier molecular flexibility index (Phi) is 5.75. The van der Waals surface area contributed by atoms with E-state index >= 15 is 0 Å². The monoisotopic (exact) mass is 461 g/mol. The molecule has 6 heteroatoms. The number of hydrogen-bond donors (Lipinski definition) is 0. The first-order valence-corrected chi connectivity index (χ1v) is 12.4. The summed E-state index contributed by atoms with van der Waals surface area (Å²) >= 11 is 1.67. The van der Waals surface area contributed by atoms with Crippen molar-refractivity contribution in [1.82, 2.24) is 4.98 Å². The van der Waals surface area contributed by atoms with Gasteiger partial charge in [-0.15, -0.1) is 11.3 Å². The van der Waals surface area contributed by atoms with Crippen LogP contribution >= 0.6 is 11.3 Å². The van der Waals surface area contributed by atoms with Gasteiger partial charge in [0.15, 0.2) is 5.78 Å². The average molecular weight is 462 g/mol. The number of anilines is 2. The van der Waals surface area contributed by atoms with E-state index < -0.39 is 0 Å². The van der Waals surface area contributed by atoms with Crippen LogP contribution in [0.2, 0.25) is 0 Å². The molecule has 0 spiro atoms. The van der Waals surface area contributed by atoms with Gasteiger partial charge in [-0.2, -0.15) is 0 Å². The van der Waals surface area contributed by atoms with Crippen molar-refractivity contribution < 1.29 is 9.53 Å². The molecule has 1 fully saturated rings. The molecule has 0 saturated carbocycles. The van der Waals surface area contributed by atoms with E-state index in [-0.39, 0.29) is 11.2 Å². The molecule has 5 nitrogen and oxygen atoms in total. The first kappa shape index (κ1) is 22.1. The Labute approximate surface area is 200 Å². The highest BCUT2D eigenvalue weighted by Gasteiger charge is 2.37. The van der Waals surface area contributed by atoms with E-state index in [4.69, 9.17) is 4.74 Å². The topological polar surface area (TPSA) is 45.7 Å². The number of morpholine rings is 1. The summed E-state index contributed by atoms with van der Waals surface area (Å²) in [5.41, 5.74) is 6.75. The second kappa shape index (κ2) is 8.58. The molecule has 0 unspecified atom stereocenters. The Balaban J connectivity index is 1.62. The van der Waals surface area contributed by atoms with Gasteiger partial charge in [0, 0.05) is 56.6 Å². The van der Waals surface area contributed by atoms with Crippen LogP contribution in [0.4, 0.5) is 10.7 Å². The summed E-state index contributed by atoms with van der Waals surface area (Å²) in [6.45, 7) is 7.56. The molecule has 172 valence electrons. The van der Waals surface area contributed by atoms with E-state index in [0.717, 1.165) is 60.1 Å². The smallest absolute Gasteiger partial charge is 0.173 e. The number of rotatable bonds is 4. The lowest BCUT2D eigenvalue weighted by atomic mass is 9.75. The van der Waals surface area contributed by atoms with Gasteiger partial charge in [0.2, 0.25) is 0 Å². The highest BCUT2D eigenvalue weighted by molar-refractivity contribution is 7.19. The van der Waals surface area contributed by atoms with Crippen LogP contribution in [-0.4, -0.2) is 51.2 Å². The Hall–Kier alpha value is -2.70. The number of thiophene rings is 1. The molecule has 1 aliphatic heterocycles. The zero-order valence-electron chi connectivity index (χ0n) is 19.9. The Morgan fingerprint density at radius 2 is 1.76 bits per heavy atom. The molecule has 2 aliphatic rings. The maximum Gasteiger partial charge on any atom is 0.173 e. The van der Waals surface area contributed by atoms with E-state index in [1.807, 2.05) is 20.3 Å². The molecule has 0 atom stereocenters. The number of Topliss-reactive ketones (excluding diaryl/α,β-unsaturated/α-hetero) is 1. The quantitative estimate of drug-likeness (QED) is 0.511. The number of ketones is 1. The molecular formula is C27H31N3O2S. The molecule has 5 rings (SSSR count). The predicted octanol–water partition coefficient (Wildman–Crippen LogP) is 5.53. The number of benzene rings is 1. The third-order valence-electron chi connectivity index (χ3n) is 6.56. The summed E-state index contributed by atoms with van der Waals surface area (Å²) in [4.78, 5) is 23.2. The minimum Gasteiger partial charge on any atom is -0.378 e. The van der Waals surface area contributed by atoms with Crippen LogP contribution in [0.15, 0.2) is 42.6 Å². The minimum absolute atomic E-state index is 0.0277. The van der Waals surface area contributed by atoms with Gasteiger partial charge in [0.25, 0.3) is 0 Å². The molecule has 3 aromatic rings. The van der Waals surface area contributed by atoms with Gasteiger partial charge in [0.05, 0.1) is 28.8 Å². The second-order valence-electron chi connectivity index (χ2n) is 10.0. The van der Waals surface area contributed by atoms with Crippen LogP contribution in [0.1, 0.15) is 35.5 Å². The molecule has 0 N–H and O–H groups in total. The van der Waals surface area contributed by atoms with Gasteiger partial charge >= 0.3 is 0 Å². The zero-order chi connectivity index (χ0) is 23.2. The van der Waals surface area contributed by atoms with Crippen molar-refractivity contribution in [3.8, 4) is 22.4 Å². The van der Waals surface area contributed by atoms with Crippen molar-refractivity contribution in [2.75, 3.05) is 50.2 Å². The molecule has 3 heterocycles. The summed E-state index contributed by atoms with van der Waals surface area (Å²) in [6.07, 6.45) is 3.43. The Morgan fingerprint density at radius 1 is 1.03 bits per heavy atom. The Bertz CT molecular complexity index is 1170. The SMILES string of the molecule is CN(C)c1ccc(-c2cc(-c3c(N4CCOCC4)sc4c3CC(C)(C)CC4=O)ccn2)cc1. The number of ether oxygens (including phenoxy) is 1. The maximum atomic E-state index is 13.1. The number of carbonyl (C=O) groups excluding carboxylic acids is 1. The normalized spacial score (nSPS) is 17.7.